The summed E-state index contributed by atoms with van der Waals surface area (Å²) >= 11 is 0. The van der Waals surface area contributed by atoms with Crippen LogP contribution in [0.3, 0.4) is 0 Å². The molecule has 162 valence electrons. The van der Waals surface area contributed by atoms with Crippen LogP contribution in [0.5, 0.6) is 0 Å². The van der Waals surface area contributed by atoms with E-state index >= 15 is 0 Å². The van der Waals surface area contributed by atoms with Gasteiger partial charge in [0.1, 0.15) is 0 Å². The molecule has 5 N–H and O–H groups in total. The zero-order chi connectivity index (χ0) is 20.6. The van der Waals surface area contributed by atoms with Crippen molar-refractivity contribution in [1.82, 2.24) is 4.90 Å². The van der Waals surface area contributed by atoms with Crippen LogP contribution in [-0.4, -0.2) is 29.9 Å². The van der Waals surface area contributed by atoms with Crippen LogP contribution in [0.4, 0.5) is 5.69 Å². The normalized spacial score (nSPS) is 17.2. The third-order valence-corrected chi connectivity index (χ3v) is 5.35. The van der Waals surface area contributed by atoms with Gasteiger partial charge in [-0.15, -0.1) is 24.0 Å². The van der Waals surface area contributed by atoms with Gasteiger partial charge in [0, 0.05) is 18.8 Å². The van der Waals surface area contributed by atoms with Crippen LogP contribution < -0.4 is 16.8 Å². The zero-order valence-electron chi connectivity index (χ0n) is 17.5. The van der Waals surface area contributed by atoms with Crippen molar-refractivity contribution in [3.63, 3.8) is 0 Å². The van der Waals surface area contributed by atoms with Crippen LogP contribution in [0.25, 0.3) is 0 Å². The number of aryl methyl sites for hydroxylation is 1. The van der Waals surface area contributed by atoms with Gasteiger partial charge in [-0.05, 0) is 54.6 Å². The number of primary amides is 1. The van der Waals surface area contributed by atoms with Crippen molar-refractivity contribution in [3.8, 4) is 0 Å². The van der Waals surface area contributed by atoms with Gasteiger partial charge in [-0.25, -0.2) is 4.99 Å². The minimum atomic E-state index is -0.190. The number of carbonyl (C=O) groups excluding carboxylic acids is 1. The summed E-state index contributed by atoms with van der Waals surface area (Å²) in [6.07, 6.45) is 2.89. The lowest BCUT2D eigenvalue weighted by Crippen LogP contribution is -2.40. The van der Waals surface area contributed by atoms with Crippen LogP contribution in [0, 0.1) is 5.92 Å². The molecule has 0 radical (unpaired) electrons. The first-order valence-corrected chi connectivity index (χ1v) is 10.3. The fraction of sp³-hybridized carbons (Fsp3) is 0.391. The number of carbonyl (C=O) groups is 1. The molecule has 1 saturated heterocycles. The standard InChI is InChI=1S/C23H31N5O.HI/c1-2-17-6-4-10-21(13-17)27-23(25)26-14-18-7-3-8-19(12-18)15-28-11-5-9-20(16-28)22(24)29;/h3-4,6-8,10,12-13,20H,2,5,9,11,14-16H2,1H3,(H2,24,29)(H3,25,26,27);1H. The maximum Gasteiger partial charge on any atom is 0.221 e. The van der Waals surface area contributed by atoms with E-state index in [1.54, 1.807) is 0 Å². The Labute approximate surface area is 196 Å². The molecular weight excluding hydrogens is 489 g/mol. The number of halogens is 1. The van der Waals surface area contributed by atoms with Gasteiger partial charge in [0.05, 0.1) is 12.5 Å². The molecule has 6 nitrogen and oxygen atoms in total. The number of likely N-dealkylation sites (tertiary alicyclic amines) is 1. The number of amides is 1. The summed E-state index contributed by atoms with van der Waals surface area (Å²) in [5, 5.41) is 3.16. The van der Waals surface area contributed by atoms with Gasteiger partial charge < -0.3 is 16.8 Å². The van der Waals surface area contributed by atoms with E-state index in [0.29, 0.717) is 12.5 Å². The van der Waals surface area contributed by atoms with Crippen LogP contribution in [-0.2, 0) is 24.3 Å². The molecule has 0 aromatic heterocycles. The van der Waals surface area contributed by atoms with Crippen LogP contribution in [0.1, 0.15) is 36.5 Å². The summed E-state index contributed by atoms with van der Waals surface area (Å²) in [7, 11) is 0. The van der Waals surface area contributed by atoms with Crippen molar-refractivity contribution in [3.05, 3.63) is 65.2 Å². The lowest BCUT2D eigenvalue weighted by atomic mass is 9.97. The molecular formula is C23H32IN5O. The number of anilines is 1. The minimum Gasteiger partial charge on any atom is -0.370 e. The lowest BCUT2D eigenvalue weighted by Gasteiger charge is -2.31. The Morgan fingerprint density at radius 3 is 2.63 bits per heavy atom. The monoisotopic (exact) mass is 521 g/mol. The van der Waals surface area contributed by atoms with Crippen LogP contribution in [0.2, 0.25) is 0 Å². The van der Waals surface area contributed by atoms with E-state index in [1.165, 1.54) is 11.1 Å². The summed E-state index contributed by atoms with van der Waals surface area (Å²) in [6.45, 7) is 5.20. The fourth-order valence-corrected chi connectivity index (χ4v) is 3.75. The van der Waals surface area contributed by atoms with E-state index in [9.17, 15) is 4.79 Å². The molecule has 2 aromatic carbocycles. The molecule has 0 spiro atoms. The Morgan fingerprint density at radius 1 is 1.13 bits per heavy atom. The zero-order valence-corrected chi connectivity index (χ0v) is 19.8. The summed E-state index contributed by atoms with van der Waals surface area (Å²) in [5.74, 6) is 0.183. The second-order valence-electron chi connectivity index (χ2n) is 7.68. The molecule has 1 aliphatic rings. The molecule has 2 aromatic rings. The van der Waals surface area contributed by atoms with Gasteiger partial charge in [0.15, 0.2) is 5.96 Å². The SMILES string of the molecule is CCc1cccc(NC(N)=NCc2cccc(CN3CCCC(C(N)=O)C3)c2)c1.I. The highest BCUT2D eigenvalue weighted by atomic mass is 127. The number of benzene rings is 2. The Morgan fingerprint density at radius 2 is 1.87 bits per heavy atom. The second kappa shape index (κ2) is 11.9. The van der Waals surface area contributed by atoms with E-state index in [4.69, 9.17) is 11.5 Å². The van der Waals surface area contributed by atoms with E-state index in [2.05, 4.69) is 52.5 Å². The largest absolute Gasteiger partial charge is 0.370 e. The van der Waals surface area contributed by atoms with Gasteiger partial charge in [0.2, 0.25) is 5.91 Å². The Hall–Kier alpha value is -2.13. The first kappa shape index (κ1) is 24.1. The molecule has 1 heterocycles. The molecule has 0 aliphatic carbocycles. The lowest BCUT2D eigenvalue weighted by molar-refractivity contribution is -0.123. The highest BCUT2D eigenvalue weighted by molar-refractivity contribution is 14.0. The number of nitrogens with zero attached hydrogens (tertiary/aromatic N) is 2. The molecule has 1 fully saturated rings. The van der Waals surface area contributed by atoms with Crippen LogP contribution >= 0.6 is 24.0 Å². The summed E-state index contributed by atoms with van der Waals surface area (Å²) < 4.78 is 0. The average molecular weight is 521 g/mol. The van der Waals surface area contributed by atoms with Crippen molar-refractivity contribution < 1.29 is 4.79 Å². The molecule has 0 saturated carbocycles. The van der Waals surface area contributed by atoms with Gasteiger partial charge in [-0.3, -0.25) is 9.69 Å². The van der Waals surface area contributed by atoms with E-state index < -0.39 is 0 Å². The molecule has 0 bridgehead atoms. The van der Waals surface area contributed by atoms with Gasteiger partial charge >= 0.3 is 0 Å². The number of piperidine rings is 1. The quantitative estimate of drug-likeness (QED) is 0.295. The molecule has 7 heteroatoms. The van der Waals surface area contributed by atoms with E-state index in [-0.39, 0.29) is 35.8 Å². The Kier molecular flexibility index (Phi) is 9.58. The highest BCUT2D eigenvalue weighted by Gasteiger charge is 2.23. The third-order valence-electron chi connectivity index (χ3n) is 5.35. The van der Waals surface area contributed by atoms with Crippen molar-refractivity contribution >= 4 is 41.5 Å². The third kappa shape index (κ3) is 7.28. The molecule has 1 unspecified atom stereocenters. The molecule has 1 atom stereocenters. The number of hydrogen-bond donors (Lipinski definition) is 3. The molecule has 1 amide bonds. The number of hydrogen-bond acceptors (Lipinski definition) is 3. The summed E-state index contributed by atoms with van der Waals surface area (Å²) in [4.78, 5) is 18.3. The predicted octanol–water partition coefficient (Wildman–Crippen LogP) is 3.49. The van der Waals surface area contributed by atoms with Crippen molar-refractivity contribution in [2.75, 3.05) is 18.4 Å². The number of nitrogens with two attached hydrogens (primary N) is 2. The highest BCUT2D eigenvalue weighted by Crippen LogP contribution is 2.19. The maximum atomic E-state index is 11.5. The average Bonchev–Trinajstić information content (AvgIpc) is 2.73. The fourth-order valence-electron chi connectivity index (χ4n) is 3.75. The number of rotatable bonds is 7. The summed E-state index contributed by atoms with van der Waals surface area (Å²) in [6, 6.07) is 16.5. The van der Waals surface area contributed by atoms with Gasteiger partial charge in [-0.1, -0.05) is 43.3 Å². The number of aliphatic imine (C=N–C) groups is 1. The maximum absolute atomic E-state index is 11.5. The van der Waals surface area contributed by atoms with Gasteiger partial charge in [-0.2, -0.15) is 0 Å². The first-order chi connectivity index (χ1) is 14.0. The molecule has 3 rings (SSSR count). The van der Waals surface area contributed by atoms with E-state index in [1.807, 2.05) is 18.2 Å². The van der Waals surface area contributed by atoms with Crippen molar-refractivity contribution in [2.24, 2.45) is 22.4 Å². The molecule has 1 aliphatic heterocycles. The van der Waals surface area contributed by atoms with Gasteiger partial charge in [0.25, 0.3) is 0 Å². The number of nitrogens with one attached hydrogen (secondary N) is 1. The second-order valence-corrected chi connectivity index (χ2v) is 7.68. The minimum absolute atomic E-state index is 0. The van der Waals surface area contributed by atoms with Crippen molar-refractivity contribution in [2.45, 2.75) is 39.3 Å². The van der Waals surface area contributed by atoms with Crippen LogP contribution in [0.15, 0.2) is 53.5 Å². The van der Waals surface area contributed by atoms with E-state index in [0.717, 1.165) is 50.1 Å². The first-order valence-electron chi connectivity index (χ1n) is 10.3. The topological polar surface area (TPSA) is 96.7 Å². The molecule has 30 heavy (non-hydrogen) atoms. The smallest absolute Gasteiger partial charge is 0.221 e. The Bertz CT molecular complexity index is 870. The predicted molar refractivity (Wildman–Crippen MR) is 134 cm³/mol. The Balaban J connectivity index is 0.00000320. The van der Waals surface area contributed by atoms with Crippen molar-refractivity contribution in [1.29, 1.82) is 0 Å². The summed E-state index contributed by atoms with van der Waals surface area (Å²) in [5.41, 5.74) is 16.1. The number of guanidine groups is 1.